The summed E-state index contributed by atoms with van der Waals surface area (Å²) in [6.45, 7) is 1.91. The summed E-state index contributed by atoms with van der Waals surface area (Å²) in [6, 6.07) is 6.19. The number of rotatable bonds is 4. The first kappa shape index (κ1) is 12.2. The third-order valence-electron chi connectivity index (χ3n) is 2.14. The molecule has 0 amide bonds. The van der Waals surface area contributed by atoms with Crippen LogP contribution in [0.1, 0.15) is 18.5 Å². The first-order chi connectivity index (χ1) is 7.63. The molecule has 0 radical (unpaired) electrons. The molecule has 3 nitrogen and oxygen atoms in total. The highest BCUT2D eigenvalue weighted by Gasteiger charge is 2.02. The Morgan fingerprint density at radius 3 is 2.62 bits per heavy atom. The maximum Gasteiger partial charge on any atom is 0.331 e. The van der Waals surface area contributed by atoms with Gasteiger partial charge in [0.05, 0.1) is 7.11 Å². The molecule has 16 heavy (non-hydrogen) atoms. The van der Waals surface area contributed by atoms with E-state index in [0.717, 1.165) is 5.56 Å². The van der Waals surface area contributed by atoms with Crippen LogP contribution in [0.5, 0.6) is 0 Å². The van der Waals surface area contributed by atoms with Gasteiger partial charge in [0.2, 0.25) is 0 Å². The maximum absolute atomic E-state index is 12.7. The molecule has 1 N–H and O–H groups in total. The lowest BCUT2D eigenvalue weighted by Gasteiger charge is -2.11. The van der Waals surface area contributed by atoms with Gasteiger partial charge in [0.1, 0.15) is 5.82 Å². The van der Waals surface area contributed by atoms with E-state index in [4.69, 9.17) is 0 Å². The van der Waals surface area contributed by atoms with Gasteiger partial charge in [-0.25, -0.2) is 9.18 Å². The molecule has 0 aromatic heterocycles. The van der Waals surface area contributed by atoms with Gasteiger partial charge in [0.15, 0.2) is 0 Å². The zero-order valence-corrected chi connectivity index (χ0v) is 9.24. The Morgan fingerprint density at radius 1 is 1.44 bits per heavy atom. The lowest BCUT2D eigenvalue weighted by atomic mass is 10.1. The molecule has 0 aliphatic rings. The molecule has 0 aliphatic heterocycles. The number of carbonyl (C=O) groups is 1. The van der Waals surface area contributed by atoms with Crippen molar-refractivity contribution in [2.75, 3.05) is 7.11 Å². The standard InChI is InChI=1S/C12H14FNO2/c1-9(14-8-7-12(15)16-2)10-3-5-11(13)6-4-10/h3-9,14H,1-2H3/b8-7+/t9-/m1/s1. The predicted molar refractivity (Wildman–Crippen MR) is 59.1 cm³/mol. The number of nitrogens with one attached hydrogen (secondary N) is 1. The van der Waals surface area contributed by atoms with E-state index in [1.54, 1.807) is 12.1 Å². The Labute approximate surface area is 93.9 Å². The van der Waals surface area contributed by atoms with Gasteiger partial charge in [-0.05, 0) is 24.6 Å². The summed E-state index contributed by atoms with van der Waals surface area (Å²) in [5.74, 6) is -0.681. The van der Waals surface area contributed by atoms with Crippen LogP contribution in [-0.4, -0.2) is 13.1 Å². The van der Waals surface area contributed by atoms with Gasteiger partial charge < -0.3 is 10.1 Å². The molecule has 0 heterocycles. The van der Waals surface area contributed by atoms with E-state index in [1.165, 1.54) is 31.5 Å². The summed E-state index contributed by atoms with van der Waals surface area (Å²) in [7, 11) is 1.32. The van der Waals surface area contributed by atoms with E-state index >= 15 is 0 Å². The summed E-state index contributed by atoms with van der Waals surface area (Å²) in [5.41, 5.74) is 0.941. The first-order valence-electron chi connectivity index (χ1n) is 4.89. The van der Waals surface area contributed by atoms with E-state index < -0.39 is 5.97 Å². The van der Waals surface area contributed by atoms with E-state index in [9.17, 15) is 9.18 Å². The molecular weight excluding hydrogens is 209 g/mol. The molecule has 1 rings (SSSR count). The topological polar surface area (TPSA) is 38.3 Å². The molecular formula is C12H14FNO2. The van der Waals surface area contributed by atoms with Gasteiger partial charge in [0, 0.05) is 18.3 Å². The minimum atomic E-state index is -0.418. The number of halogens is 1. The number of esters is 1. The van der Waals surface area contributed by atoms with E-state index in [1.807, 2.05) is 6.92 Å². The van der Waals surface area contributed by atoms with Crippen molar-refractivity contribution in [1.82, 2.24) is 5.32 Å². The average Bonchev–Trinajstić information content (AvgIpc) is 2.29. The van der Waals surface area contributed by atoms with Gasteiger partial charge >= 0.3 is 5.97 Å². The van der Waals surface area contributed by atoms with Crippen molar-refractivity contribution in [1.29, 1.82) is 0 Å². The quantitative estimate of drug-likeness (QED) is 0.628. The van der Waals surface area contributed by atoms with Crippen LogP contribution < -0.4 is 5.32 Å². The molecule has 0 fully saturated rings. The molecule has 0 spiro atoms. The van der Waals surface area contributed by atoms with Gasteiger partial charge in [-0.2, -0.15) is 0 Å². The van der Waals surface area contributed by atoms with Crippen LogP contribution in [0.3, 0.4) is 0 Å². The second-order valence-corrected chi connectivity index (χ2v) is 3.30. The number of benzene rings is 1. The molecule has 1 atom stereocenters. The highest BCUT2D eigenvalue weighted by atomic mass is 19.1. The van der Waals surface area contributed by atoms with Crippen LogP contribution in [0.25, 0.3) is 0 Å². The summed E-state index contributed by atoms with van der Waals surface area (Å²) in [5, 5.41) is 2.98. The van der Waals surface area contributed by atoms with Crippen molar-refractivity contribution in [3.05, 3.63) is 47.9 Å². The van der Waals surface area contributed by atoms with E-state index in [-0.39, 0.29) is 11.9 Å². The predicted octanol–water partition coefficient (Wildman–Crippen LogP) is 2.16. The average molecular weight is 223 g/mol. The van der Waals surface area contributed by atoms with Crippen LogP contribution in [0.15, 0.2) is 36.5 Å². The minimum Gasteiger partial charge on any atom is -0.466 e. The molecule has 1 aromatic rings. The van der Waals surface area contributed by atoms with Crippen LogP contribution in [-0.2, 0) is 9.53 Å². The molecule has 0 saturated heterocycles. The monoisotopic (exact) mass is 223 g/mol. The highest BCUT2D eigenvalue weighted by molar-refractivity contribution is 5.81. The normalized spacial score (nSPS) is 12.4. The molecule has 86 valence electrons. The van der Waals surface area contributed by atoms with Crippen molar-refractivity contribution in [2.45, 2.75) is 13.0 Å². The SMILES string of the molecule is COC(=O)/C=C/N[C@H](C)c1ccc(F)cc1. The second kappa shape index (κ2) is 5.90. The van der Waals surface area contributed by atoms with Crippen molar-refractivity contribution in [3.63, 3.8) is 0 Å². The number of hydrogen-bond donors (Lipinski definition) is 1. The third kappa shape index (κ3) is 3.73. The Kier molecular flexibility index (Phi) is 4.51. The maximum atomic E-state index is 12.7. The summed E-state index contributed by atoms with van der Waals surface area (Å²) in [6.07, 6.45) is 2.81. The molecule has 0 bridgehead atoms. The van der Waals surface area contributed by atoms with Gasteiger partial charge in [-0.15, -0.1) is 0 Å². The summed E-state index contributed by atoms with van der Waals surface area (Å²) < 4.78 is 17.1. The zero-order chi connectivity index (χ0) is 12.0. The van der Waals surface area contributed by atoms with Gasteiger partial charge in [0.25, 0.3) is 0 Å². The zero-order valence-electron chi connectivity index (χ0n) is 9.24. The lowest BCUT2D eigenvalue weighted by molar-refractivity contribution is -0.134. The van der Waals surface area contributed by atoms with Crippen molar-refractivity contribution < 1.29 is 13.9 Å². The number of hydrogen-bond acceptors (Lipinski definition) is 3. The summed E-state index contributed by atoms with van der Waals surface area (Å²) in [4.78, 5) is 10.8. The Bertz CT molecular complexity index is 373. The first-order valence-corrected chi connectivity index (χ1v) is 4.89. The number of methoxy groups -OCH3 is 1. The molecule has 4 heteroatoms. The van der Waals surface area contributed by atoms with Gasteiger partial charge in [-0.1, -0.05) is 12.1 Å². The summed E-state index contributed by atoms with van der Waals surface area (Å²) >= 11 is 0. The molecule has 0 unspecified atom stereocenters. The molecule has 1 aromatic carbocycles. The van der Waals surface area contributed by atoms with Crippen LogP contribution in [0.2, 0.25) is 0 Å². The van der Waals surface area contributed by atoms with Crippen LogP contribution >= 0.6 is 0 Å². The van der Waals surface area contributed by atoms with Crippen molar-refractivity contribution in [3.8, 4) is 0 Å². The molecule has 0 aliphatic carbocycles. The number of ether oxygens (including phenoxy) is 1. The minimum absolute atomic E-state index is 0.00139. The second-order valence-electron chi connectivity index (χ2n) is 3.30. The van der Waals surface area contributed by atoms with Crippen LogP contribution in [0.4, 0.5) is 4.39 Å². The van der Waals surface area contributed by atoms with E-state index in [0.29, 0.717) is 0 Å². The number of carbonyl (C=O) groups excluding carboxylic acids is 1. The fourth-order valence-electron chi connectivity index (χ4n) is 1.18. The highest BCUT2D eigenvalue weighted by Crippen LogP contribution is 2.12. The smallest absolute Gasteiger partial charge is 0.331 e. The lowest BCUT2D eigenvalue weighted by Crippen LogP contribution is -2.12. The largest absolute Gasteiger partial charge is 0.466 e. The van der Waals surface area contributed by atoms with Crippen molar-refractivity contribution >= 4 is 5.97 Å². The third-order valence-corrected chi connectivity index (χ3v) is 2.14. The molecule has 0 saturated carbocycles. The Morgan fingerprint density at radius 2 is 2.06 bits per heavy atom. The van der Waals surface area contributed by atoms with Crippen LogP contribution in [0, 0.1) is 5.82 Å². The van der Waals surface area contributed by atoms with Crippen molar-refractivity contribution in [2.24, 2.45) is 0 Å². The van der Waals surface area contributed by atoms with Gasteiger partial charge in [-0.3, -0.25) is 0 Å². The Balaban J connectivity index is 2.52. The fraction of sp³-hybridized carbons (Fsp3) is 0.250. The van der Waals surface area contributed by atoms with E-state index in [2.05, 4.69) is 10.1 Å². The Hall–Kier alpha value is -1.84. The fourth-order valence-corrected chi connectivity index (χ4v) is 1.18.